The summed E-state index contributed by atoms with van der Waals surface area (Å²) in [6.07, 6.45) is 7.01. The van der Waals surface area contributed by atoms with Crippen LogP contribution in [0.5, 0.6) is 0 Å². The lowest BCUT2D eigenvalue weighted by Gasteiger charge is -2.35. The van der Waals surface area contributed by atoms with E-state index < -0.39 is 0 Å². The van der Waals surface area contributed by atoms with Gasteiger partial charge in [0.1, 0.15) is 0 Å². The fourth-order valence-corrected chi connectivity index (χ4v) is 7.95. The molecule has 0 unspecified atom stereocenters. The third kappa shape index (κ3) is 9.92. The molecule has 58 heavy (non-hydrogen) atoms. The van der Waals surface area contributed by atoms with E-state index in [0.717, 1.165) is 22.6 Å². The second kappa shape index (κ2) is 16.0. The van der Waals surface area contributed by atoms with Crippen LogP contribution < -0.4 is 33.6 Å². The summed E-state index contributed by atoms with van der Waals surface area (Å²) in [7, 11) is 0. The monoisotopic (exact) mass is 781 g/mol. The predicted molar refractivity (Wildman–Crippen MR) is 249 cm³/mol. The first-order valence-corrected chi connectivity index (χ1v) is 21.1. The maximum Gasteiger partial charge on any atom is 0.332 e. The van der Waals surface area contributed by atoms with Gasteiger partial charge >= 0.3 is 13.4 Å². The molecular weight excluding hydrogens is 710 g/mol. The van der Waals surface area contributed by atoms with Gasteiger partial charge in [0.2, 0.25) is 0 Å². The van der Waals surface area contributed by atoms with Crippen molar-refractivity contribution in [1.29, 1.82) is 0 Å². The van der Waals surface area contributed by atoms with Crippen molar-refractivity contribution in [2.24, 2.45) is 0 Å². The van der Waals surface area contributed by atoms with E-state index in [0.29, 0.717) is 0 Å². The standard InChI is InChI=1S/2C26H35BO2/c2*1-24(2,3)18-16-19(25(4,5)6)23(20(17-18)26(7,8)9)27(21-12-10-14-28-21)22-13-11-15-29-22/h2*10-17H,1-9H3. The molecule has 0 aliphatic heterocycles. The molecule has 4 aromatic heterocycles. The Labute approximate surface area is 351 Å². The van der Waals surface area contributed by atoms with E-state index in [4.69, 9.17) is 17.7 Å². The molecule has 6 aromatic rings. The molecule has 0 N–H and O–H groups in total. The lowest BCUT2D eigenvalue weighted by Crippen LogP contribution is -2.56. The molecule has 0 fully saturated rings. The topological polar surface area (TPSA) is 52.6 Å². The van der Waals surface area contributed by atoms with Gasteiger partial charge in [-0.15, -0.1) is 0 Å². The number of hydrogen-bond acceptors (Lipinski definition) is 4. The Kier molecular flexibility index (Phi) is 12.4. The predicted octanol–water partition coefficient (Wildman–Crippen LogP) is 10.6. The molecule has 4 nitrogen and oxygen atoms in total. The minimum Gasteiger partial charge on any atom is -0.478 e. The molecule has 6 rings (SSSR count). The first-order chi connectivity index (χ1) is 26.6. The summed E-state index contributed by atoms with van der Waals surface area (Å²) in [6.45, 7) is 41.2. The second-order valence-electron chi connectivity index (χ2n) is 22.4. The fraction of sp³-hybridized carbons (Fsp3) is 0.462. The van der Waals surface area contributed by atoms with Crippen LogP contribution in [-0.2, 0) is 32.5 Å². The third-order valence-electron chi connectivity index (χ3n) is 11.2. The number of benzene rings is 2. The van der Waals surface area contributed by atoms with Gasteiger partial charge < -0.3 is 17.7 Å². The van der Waals surface area contributed by atoms with E-state index in [1.165, 1.54) is 44.3 Å². The molecule has 0 bridgehead atoms. The summed E-state index contributed by atoms with van der Waals surface area (Å²) in [6, 6.07) is 25.7. The summed E-state index contributed by atoms with van der Waals surface area (Å²) >= 11 is 0. The smallest absolute Gasteiger partial charge is 0.332 e. The van der Waals surface area contributed by atoms with E-state index in [1.807, 2.05) is 24.3 Å². The minimum atomic E-state index is -0.0718. The third-order valence-corrected chi connectivity index (χ3v) is 11.2. The highest BCUT2D eigenvalue weighted by molar-refractivity contribution is 6.95. The first-order valence-electron chi connectivity index (χ1n) is 21.1. The van der Waals surface area contributed by atoms with Crippen molar-refractivity contribution >= 4 is 47.0 Å². The van der Waals surface area contributed by atoms with Crippen LogP contribution in [0.15, 0.2) is 116 Å². The Hall–Kier alpha value is -4.31. The minimum absolute atomic E-state index is 0.0198. The number of hydrogen-bond donors (Lipinski definition) is 0. The lowest BCUT2D eigenvalue weighted by molar-refractivity contribution is 0.551. The molecule has 308 valence electrons. The first kappa shape index (κ1) is 44.8. The summed E-state index contributed by atoms with van der Waals surface area (Å²) in [5.74, 6) is 0. The van der Waals surface area contributed by atoms with Crippen LogP contribution in [0, 0.1) is 0 Å². The summed E-state index contributed by atoms with van der Waals surface area (Å²) in [5.41, 5.74) is 14.5. The molecule has 0 saturated carbocycles. The Morgan fingerprint density at radius 3 is 0.655 bits per heavy atom. The Bertz CT molecular complexity index is 1910. The highest BCUT2D eigenvalue weighted by atomic mass is 16.3. The van der Waals surface area contributed by atoms with Crippen LogP contribution in [0.1, 0.15) is 158 Å². The molecular formula is C52H70B2O4. The van der Waals surface area contributed by atoms with Crippen molar-refractivity contribution in [3.63, 3.8) is 0 Å². The zero-order chi connectivity index (χ0) is 43.2. The van der Waals surface area contributed by atoms with Crippen molar-refractivity contribution < 1.29 is 17.7 Å². The van der Waals surface area contributed by atoms with E-state index in [1.54, 1.807) is 25.1 Å². The van der Waals surface area contributed by atoms with Gasteiger partial charge in [-0.25, -0.2) is 0 Å². The van der Waals surface area contributed by atoms with Crippen molar-refractivity contribution in [2.75, 3.05) is 0 Å². The Morgan fingerprint density at radius 1 is 0.310 bits per heavy atom. The van der Waals surface area contributed by atoms with Crippen molar-refractivity contribution in [3.8, 4) is 0 Å². The van der Waals surface area contributed by atoms with E-state index in [9.17, 15) is 0 Å². The second-order valence-corrected chi connectivity index (χ2v) is 22.4. The van der Waals surface area contributed by atoms with Gasteiger partial charge in [-0.1, -0.05) is 160 Å². The molecule has 0 saturated heterocycles. The van der Waals surface area contributed by atoms with Crippen molar-refractivity contribution in [3.05, 3.63) is 131 Å². The highest BCUT2D eigenvalue weighted by Gasteiger charge is 2.40. The van der Waals surface area contributed by atoms with Crippen LogP contribution in [-0.4, -0.2) is 13.4 Å². The normalized spacial score (nSPS) is 13.0. The Morgan fingerprint density at radius 2 is 0.517 bits per heavy atom. The van der Waals surface area contributed by atoms with Crippen LogP contribution >= 0.6 is 0 Å². The van der Waals surface area contributed by atoms with Gasteiger partial charge in [-0.2, -0.15) is 0 Å². The summed E-state index contributed by atoms with van der Waals surface area (Å²) < 4.78 is 23.8. The van der Waals surface area contributed by atoms with Crippen LogP contribution in [0.25, 0.3) is 0 Å². The maximum absolute atomic E-state index is 5.95. The quantitative estimate of drug-likeness (QED) is 0.158. The zero-order valence-electron chi connectivity index (χ0n) is 39.0. The van der Waals surface area contributed by atoms with Gasteiger partial charge in [-0.3, -0.25) is 0 Å². The summed E-state index contributed by atoms with van der Waals surface area (Å²) in [5, 5.41) is 0. The molecule has 0 amide bonds. The maximum atomic E-state index is 5.95. The van der Waals surface area contributed by atoms with Crippen LogP contribution in [0.4, 0.5) is 0 Å². The van der Waals surface area contributed by atoms with Crippen LogP contribution in [0.2, 0.25) is 0 Å². The molecule has 4 heterocycles. The zero-order valence-corrected chi connectivity index (χ0v) is 39.0. The van der Waals surface area contributed by atoms with Gasteiger partial charge in [0.15, 0.2) is 0 Å². The number of rotatable bonds is 6. The van der Waals surface area contributed by atoms with E-state index in [2.05, 4.69) is 173 Å². The Balaban J connectivity index is 0.000000221. The molecule has 0 aliphatic carbocycles. The molecule has 0 spiro atoms. The van der Waals surface area contributed by atoms with Crippen molar-refractivity contribution in [1.82, 2.24) is 0 Å². The van der Waals surface area contributed by atoms with Gasteiger partial charge in [0.05, 0.1) is 47.7 Å². The van der Waals surface area contributed by atoms with Gasteiger partial charge in [-0.05, 0) is 114 Å². The van der Waals surface area contributed by atoms with Gasteiger partial charge in [0.25, 0.3) is 0 Å². The number of furan rings is 4. The van der Waals surface area contributed by atoms with Crippen LogP contribution in [0.3, 0.4) is 0 Å². The highest BCUT2D eigenvalue weighted by Crippen LogP contribution is 2.35. The summed E-state index contributed by atoms with van der Waals surface area (Å²) in [4.78, 5) is 0. The molecule has 0 atom stereocenters. The van der Waals surface area contributed by atoms with Gasteiger partial charge in [0, 0.05) is 0 Å². The fourth-order valence-electron chi connectivity index (χ4n) is 7.95. The SMILES string of the molecule is CC(C)(C)c1cc(C(C)(C)C)c(B(c2ccco2)c2ccco2)c(C(C)(C)C)c1.CC(C)(C)c1cc(C(C)(C)C)c(B(c2ccco2)c2ccco2)c(C(C)(C)C)c1. The largest absolute Gasteiger partial charge is 0.478 e. The van der Waals surface area contributed by atoms with E-state index in [-0.39, 0.29) is 45.9 Å². The lowest BCUT2D eigenvalue weighted by atomic mass is 9.38. The average Bonchev–Trinajstić information content (AvgIpc) is 3.92. The average molecular weight is 781 g/mol. The molecule has 6 heteroatoms. The molecule has 0 aliphatic rings. The van der Waals surface area contributed by atoms with Crippen molar-refractivity contribution in [2.45, 2.75) is 157 Å². The molecule has 0 radical (unpaired) electrons. The van der Waals surface area contributed by atoms with E-state index >= 15 is 0 Å². The molecule has 2 aromatic carbocycles.